The highest BCUT2D eigenvalue weighted by atomic mass is 35.5. The third-order valence-electron chi connectivity index (χ3n) is 5.30. The highest BCUT2D eigenvalue weighted by Crippen LogP contribution is 2.21. The number of aromatic nitrogens is 2. The quantitative estimate of drug-likeness (QED) is 0.394. The third kappa shape index (κ3) is 4.76. The summed E-state index contributed by atoms with van der Waals surface area (Å²) in [4.78, 5) is 38.6. The lowest BCUT2D eigenvalue weighted by atomic mass is 10.1. The number of nitrogens with zero attached hydrogens (tertiary/aromatic N) is 2. The van der Waals surface area contributed by atoms with Crippen molar-refractivity contribution in [3.63, 3.8) is 0 Å². The first-order valence-corrected chi connectivity index (χ1v) is 11.0. The average molecular weight is 495 g/mol. The van der Waals surface area contributed by atoms with Gasteiger partial charge in [-0.1, -0.05) is 47.5 Å². The van der Waals surface area contributed by atoms with E-state index in [-0.39, 0.29) is 22.4 Å². The maximum atomic E-state index is 13.1. The first-order valence-electron chi connectivity index (χ1n) is 10.3. The summed E-state index contributed by atoms with van der Waals surface area (Å²) in [5.41, 5.74) is 2.08. The van der Waals surface area contributed by atoms with Crippen LogP contribution >= 0.6 is 23.2 Å². The van der Waals surface area contributed by atoms with Gasteiger partial charge in [-0.2, -0.15) is 0 Å². The molecular weight excluding hydrogens is 475 g/mol. The second-order valence-electron chi connectivity index (χ2n) is 7.58. The van der Waals surface area contributed by atoms with Crippen molar-refractivity contribution in [3.8, 4) is 5.69 Å². The molecule has 2 N–H and O–H groups in total. The SMILES string of the molecule is Cc1c(NC(=O)c2cccc(NC(=O)c3cc(Cl)cc(Cl)c3)c2)c(=O)n(-c2ccccc2)n1C. The lowest BCUT2D eigenvalue weighted by Gasteiger charge is -2.09. The van der Waals surface area contributed by atoms with E-state index in [1.807, 2.05) is 30.3 Å². The fraction of sp³-hybridized carbons (Fsp3) is 0.0800. The van der Waals surface area contributed by atoms with Crippen LogP contribution in [0.1, 0.15) is 26.4 Å². The summed E-state index contributed by atoms with van der Waals surface area (Å²) >= 11 is 11.9. The summed E-state index contributed by atoms with van der Waals surface area (Å²) in [6.45, 7) is 1.75. The smallest absolute Gasteiger partial charge is 0.295 e. The third-order valence-corrected chi connectivity index (χ3v) is 5.74. The molecule has 4 aromatic rings. The van der Waals surface area contributed by atoms with E-state index in [1.165, 1.54) is 28.9 Å². The number of para-hydroxylation sites is 1. The van der Waals surface area contributed by atoms with Crippen molar-refractivity contribution in [3.05, 3.63) is 110 Å². The molecule has 0 aliphatic heterocycles. The van der Waals surface area contributed by atoms with Crippen molar-refractivity contribution in [2.24, 2.45) is 7.05 Å². The number of amides is 2. The van der Waals surface area contributed by atoms with Crippen LogP contribution in [0.4, 0.5) is 11.4 Å². The molecule has 0 saturated heterocycles. The van der Waals surface area contributed by atoms with E-state index < -0.39 is 11.8 Å². The number of halogens is 2. The minimum Gasteiger partial charge on any atom is -0.322 e. The predicted molar refractivity (Wildman–Crippen MR) is 135 cm³/mol. The van der Waals surface area contributed by atoms with Crippen LogP contribution in [-0.4, -0.2) is 21.2 Å². The Morgan fingerprint density at radius 3 is 2.12 bits per heavy atom. The molecule has 0 bridgehead atoms. The molecule has 2 amide bonds. The summed E-state index contributed by atoms with van der Waals surface area (Å²) in [6.07, 6.45) is 0. The van der Waals surface area contributed by atoms with E-state index in [2.05, 4.69) is 10.6 Å². The Morgan fingerprint density at radius 1 is 0.794 bits per heavy atom. The molecule has 3 aromatic carbocycles. The molecule has 0 spiro atoms. The van der Waals surface area contributed by atoms with Gasteiger partial charge in [0.1, 0.15) is 5.69 Å². The number of carbonyl (C=O) groups is 2. The van der Waals surface area contributed by atoms with Crippen molar-refractivity contribution < 1.29 is 9.59 Å². The normalized spacial score (nSPS) is 10.7. The summed E-state index contributed by atoms with van der Waals surface area (Å²) in [5.74, 6) is -0.903. The zero-order valence-electron chi connectivity index (χ0n) is 18.3. The second-order valence-corrected chi connectivity index (χ2v) is 8.46. The van der Waals surface area contributed by atoms with Gasteiger partial charge in [-0.15, -0.1) is 0 Å². The molecule has 4 rings (SSSR count). The molecule has 1 heterocycles. The van der Waals surface area contributed by atoms with Crippen LogP contribution in [0.2, 0.25) is 10.0 Å². The molecule has 0 radical (unpaired) electrons. The maximum absolute atomic E-state index is 13.1. The molecule has 0 fully saturated rings. The van der Waals surface area contributed by atoms with Gasteiger partial charge >= 0.3 is 0 Å². The number of hydrogen-bond acceptors (Lipinski definition) is 3. The second kappa shape index (κ2) is 9.59. The number of hydrogen-bond donors (Lipinski definition) is 2. The summed E-state index contributed by atoms with van der Waals surface area (Å²) in [7, 11) is 1.75. The fourth-order valence-electron chi connectivity index (χ4n) is 3.52. The fourth-order valence-corrected chi connectivity index (χ4v) is 4.05. The van der Waals surface area contributed by atoms with Crippen LogP contribution in [0, 0.1) is 6.92 Å². The summed E-state index contributed by atoms with van der Waals surface area (Å²) < 4.78 is 3.16. The molecule has 0 aliphatic rings. The molecule has 0 unspecified atom stereocenters. The van der Waals surface area contributed by atoms with Crippen LogP contribution in [0.25, 0.3) is 5.69 Å². The van der Waals surface area contributed by atoms with E-state index in [9.17, 15) is 14.4 Å². The van der Waals surface area contributed by atoms with E-state index in [1.54, 1.807) is 36.9 Å². The number of carbonyl (C=O) groups excluding carboxylic acids is 2. The van der Waals surface area contributed by atoms with Gasteiger partial charge in [0.2, 0.25) is 0 Å². The molecule has 0 aliphatic carbocycles. The molecule has 0 atom stereocenters. The number of rotatable bonds is 5. The Labute approximate surface area is 205 Å². The molecule has 0 saturated carbocycles. The van der Waals surface area contributed by atoms with Crippen molar-refractivity contribution in [2.45, 2.75) is 6.92 Å². The van der Waals surface area contributed by atoms with E-state index in [4.69, 9.17) is 23.2 Å². The molecule has 9 heteroatoms. The zero-order chi connectivity index (χ0) is 24.4. The molecule has 1 aromatic heterocycles. The Balaban J connectivity index is 1.57. The van der Waals surface area contributed by atoms with Crippen LogP contribution in [0.3, 0.4) is 0 Å². The van der Waals surface area contributed by atoms with E-state index in [0.717, 1.165) is 0 Å². The average Bonchev–Trinajstić information content (AvgIpc) is 3.02. The zero-order valence-corrected chi connectivity index (χ0v) is 19.8. The Bertz CT molecular complexity index is 1440. The topological polar surface area (TPSA) is 85.1 Å². The van der Waals surface area contributed by atoms with E-state index in [0.29, 0.717) is 27.1 Å². The van der Waals surface area contributed by atoms with Crippen LogP contribution in [-0.2, 0) is 7.05 Å². The Morgan fingerprint density at radius 2 is 1.44 bits per heavy atom. The van der Waals surface area contributed by atoms with Gasteiger partial charge in [0.15, 0.2) is 0 Å². The maximum Gasteiger partial charge on any atom is 0.295 e. The number of benzene rings is 3. The minimum atomic E-state index is -0.479. The van der Waals surface area contributed by atoms with Crippen molar-refractivity contribution in [1.82, 2.24) is 9.36 Å². The van der Waals surface area contributed by atoms with Gasteiger partial charge in [-0.05, 0) is 55.5 Å². The largest absolute Gasteiger partial charge is 0.322 e. The van der Waals surface area contributed by atoms with Crippen molar-refractivity contribution in [2.75, 3.05) is 10.6 Å². The van der Waals surface area contributed by atoms with Crippen LogP contribution in [0.5, 0.6) is 0 Å². The summed E-state index contributed by atoms with van der Waals surface area (Å²) in [6, 6.07) is 20.1. The van der Waals surface area contributed by atoms with Gasteiger partial charge < -0.3 is 10.6 Å². The van der Waals surface area contributed by atoms with E-state index >= 15 is 0 Å². The first-order chi connectivity index (χ1) is 16.2. The van der Waals surface area contributed by atoms with Gasteiger partial charge in [-0.25, -0.2) is 4.68 Å². The molecule has 34 heavy (non-hydrogen) atoms. The molecule has 172 valence electrons. The minimum absolute atomic E-state index is 0.180. The predicted octanol–water partition coefficient (Wildman–Crippen LogP) is 5.30. The monoisotopic (exact) mass is 494 g/mol. The standard InChI is InChI=1S/C25H20Cl2N4O3/c1-15-22(25(34)31(30(15)2)21-9-4-3-5-10-21)29-23(32)16-7-6-8-20(13-16)28-24(33)17-11-18(26)14-19(27)12-17/h3-14H,1-2H3,(H,28,33)(H,29,32). The van der Waals surface area contributed by atoms with Crippen molar-refractivity contribution >= 4 is 46.4 Å². The Kier molecular flexibility index (Phi) is 6.58. The molecular formula is C25H20Cl2N4O3. The van der Waals surface area contributed by atoms with Crippen molar-refractivity contribution in [1.29, 1.82) is 0 Å². The number of nitrogens with one attached hydrogen (secondary N) is 2. The molecule has 7 nitrogen and oxygen atoms in total. The number of anilines is 2. The Hall–Kier alpha value is -3.81. The lowest BCUT2D eigenvalue weighted by molar-refractivity contribution is 0.101. The van der Waals surface area contributed by atoms with Gasteiger partial charge in [-0.3, -0.25) is 19.1 Å². The van der Waals surface area contributed by atoms with Gasteiger partial charge in [0.05, 0.1) is 11.4 Å². The van der Waals surface area contributed by atoms with Gasteiger partial charge in [0.25, 0.3) is 17.4 Å². The summed E-state index contributed by atoms with van der Waals surface area (Å²) in [5, 5.41) is 6.11. The highest BCUT2D eigenvalue weighted by molar-refractivity contribution is 6.35. The van der Waals surface area contributed by atoms with Crippen LogP contribution < -0.4 is 16.2 Å². The first kappa shape index (κ1) is 23.4. The van der Waals surface area contributed by atoms with Gasteiger partial charge in [0, 0.05) is 33.9 Å². The lowest BCUT2D eigenvalue weighted by Crippen LogP contribution is -2.23. The van der Waals surface area contributed by atoms with Crippen LogP contribution in [0.15, 0.2) is 77.6 Å². The highest BCUT2D eigenvalue weighted by Gasteiger charge is 2.19.